The number of hydrogen-bond acceptors (Lipinski definition) is 3. The van der Waals surface area contributed by atoms with Crippen molar-refractivity contribution in [1.82, 2.24) is 10.2 Å². The first-order valence-corrected chi connectivity index (χ1v) is 7.88. The first kappa shape index (κ1) is 17.8. The minimum atomic E-state index is -0.793. The zero-order valence-corrected chi connectivity index (χ0v) is 12.9. The van der Waals surface area contributed by atoms with Gasteiger partial charge in [-0.2, -0.15) is 0 Å². The van der Waals surface area contributed by atoms with Gasteiger partial charge in [-0.15, -0.1) is 0 Å². The van der Waals surface area contributed by atoms with Gasteiger partial charge in [-0.05, 0) is 31.6 Å². The molecule has 0 aromatic rings. The average Bonchev–Trinajstić information content (AvgIpc) is 2.46. The number of amides is 2. The van der Waals surface area contributed by atoms with Gasteiger partial charge < -0.3 is 20.4 Å². The first-order chi connectivity index (χ1) is 10.0. The third-order valence-corrected chi connectivity index (χ3v) is 4.31. The van der Waals surface area contributed by atoms with E-state index in [9.17, 15) is 9.59 Å². The van der Waals surface area contributed by atoms with Gasteiger partial charge in [0, 0.05) is 26.2 Å². The number of hydrogen-bond donors (Lipinski definition) is 3. The van der Waals surface area contributed by atoms with E-state index in [1.165, 1.54) is 0 Å². The fourth-order valence-corrected chi connectivity index (χ4v) is 3.08. The summed E-state index contributed by atoms with van der Waals surface area (Å²) in [6.45, 7) is 3.48. The topological polar surface area (TPSA) is 89.9 Å². The highest BCUT2D eigenvalue weighted by Crippen LogP contribution is 2.38. The lowest BCUT2D eigenvalue weighted by atomic mass is 9.72. The number of aliphatic carboxylic acids is 1. The van der Waals surface area contributed by atoms with E-state index in [1.807, 2.05) is 6.92 Å². The minimum absolute atomic E-state index is 0.0622. The second kappa shape index (κ2) is 8.87. The van der Waals surface area contributed by atoms with Crippen LogP contribution in [-0.4, -0.2) is 53.4 Å². The second-order valence-corrected chi connectivity index (χ2v) is 5.95. The van der Waals surface area contributed by atoms with Crippen LogP contribution >= 0.6 is 0 Å². The third-order valence-electron chi connectivity index (χ3n) is 4.31. The highest BCUT2D eigenvalue weighted by Gasteiger charge is 2.35. The standard InChI is InChI=1S/C15H28N2O4/c1-2-17(9-6-10-18)14(21)16-12-15(11-13(19)20)7-4-3-5-8-15/h18H,2-12H2,1H3,(H,16,21)(H,19,20). The Labute approximate surface area is 126 Å². The van der Waals surface area contributed by atoms with Gasteiger partial charge in [0.25, 0.3) is 0 Å². The zero-order chi connectivity index (χ0) is 15.7. The van der Waals surface area contributed by atoms with Crippen molar-refractivity contribution >= 4 is 12.0 Å². The van der Waals surface area contributed by atoms with Crippen LogP contribution < -0.4 is 5.32 Å². The quantitative estimate of drug-likeness (QED) is 0.638. The number of carboxylic acids is 1. The van der Waals surface area contributed by atoms with E-state index in [0.717, 1.165) is 32.1 Å². The molecule has 1 rings (SSSR count). The van der Waals surface area contributed by atoms with Crippen LogP contribution in [0.3, 0.4) is 0 Å². The lowest BCUT2D eigenvalue weighted by molar-refractivity contribution is -0.140. The Balaban J connectivity index is 2.54. The molecule has 0 atom stereocenters. The van der Waals surface area contributed by atoms with E-state index in [0.29, 0.717) is 26.1 Å². The molecule has 1 saturated carbocycles. The predicted molar refractivity (Wildman–Crippen MR) is 80.1 cm³/mol. The molecule has 0 bridgehead atoms. The van der Waals surface area contributed by atoms with Crippen molar-refractivity contribution in [3.8, 4) is 0 Å². The van der Waals surface area contributed by atoms with E-state index in [-0.39, 0.29) is 24.5 Å². The minimum Gasteiger partial charge on any atom is -0.481 e. The lowest BCUT2D eigenvalue weighted by Gasteiger charge is -2.36. The number of aliphatic hydroxyl groups excluding tert-OH is 1. The number of aliphatic hydroxyl groups is 1. The molecule has 6 heteroatoms. The van der Waals surface area contributed by atoms with Gasteiger partial charge in [-0.25, -0.2) is 4.79 Å². The molecule has 122 valence electrons. The molecule has 0 radical (unpaired) electrons. The molecule has 0 spiro atoms. The van der Waals surface area contributed by atoms with Crippen LogP contribution in [0.5, 0.6) is 0 Å². The molecule has 0 heterocycles. The van der Waals surface area contributed by atoms with Crippen LogP contribution in [0.2, 0.25) is 0 Å². The summed E-state index contributed by atoms with van der Waals surface area (Å²) in [6, 6.07) is -0.165. The summed E-state index contributed by atoms with van der Waals surface area (Å²) in [7, 11) is 0. The number of nitrogens with one attached hydrogen (secondary N) is 1. The van der Waals surface area contributed by atoms with Crippen LogP contribution in [0.4, 0.5) is 4.79 Å². The molecule has 6 nitrogen and oxygen atoms in total. The molecule has 0 aliphatic heterocycles. The number of carbonyl (C=O) groups is 2. The second-order valence-electron chi connectivity index (χ2n) is 5.95. The van der Waals surface area contributed by atoms with Gasteiger partial charge in [-0.1, -0.05) is 19.3 Å². The first-order valence-electron chi connectivity index (χ1n) is 7.88. The number of nitrogens with zero attached hydrogens (tertiary/aromatic N) is 1. The molecule has 3 N–H and O–H groups in total. The molecular formula is C15H28N2O4. The Hall–Kier alpha value is -1.30. The van der Waals surface area contributed by atoms with Gasteiger partial charge in [0.05, 0.1) is 6.42 Å². The van der Waals surface area contributed by atoms with E-state index >= 15 is 0 Å². The Bertz CT molecular complexity index is 341. The predicted octanol–water partition coefficient (Wildman–Crippen LogP) is 1.83. The van der Waals surface area contributed by atoms with Crippen LogP contribution in [0.25, 0.3) is 0 Å². The normalized spacial score (nSPS) is 17.2. The summed E-state index contributed by atoms with van der Waals surface area (Å²) in [5, 5.41) is 20.9. The molecule has 1 aliphatic rings. The van der Waals surface area contributed by atoms with Crippen molar-refractivity contribution in [2.75, 3.05) is 26.2 Å². The molecule has 21 heavy (non-hydrogen) atoms. The molecule has 0 aromatic carbocycles. The van der Waals surface area contributed by atoms with Crippen molar-refractivity contribution < 1.29 is 19.8 Å². The molecule has 0 unspecified atom stereocenters. The monoisotopic (exact) mass is 300 g/mol. The van der Waals surface area contributed by atoms with E-state index in [4.69, 9.17) is 10.2 Å². The van der Waals surface area contributed by atoms with Crippen molar-refractivity contribution in [3.05, 3.63) is 0 Å². The van der Waals surface area contributed by atoms with Gasteiger partial charge in [0.1, 0.15) is 0 Å². The summed E-state index contributed by atoms with van der Waals surface area (Å²) in [4.78, 5) is 24.9. The maximum absolute atomic E-state index is 12.1. The number of rotatable bonds is 8. The number of carbonyl (C=O) groups excluding carboxylic acids is 1. The van der Waals surface area contributed by atoms with Crippen LogP contribution in [-0.2, 0) is 4.79 Å². The maximum Gasteiger partial charge on any atom is 0.317 e. The molecule has 2 amide bonds. The smallest absolute Gasteiger partial charge is 0.317 e. The highest BCUT2D eigenvalue weighted by atomic mass is 16.4. The van der Waals surface area contributed by atoms with Gasteiger partial charge in [0.2, 0.25) is 0 Å². The van der Waals surface area contributed by atoms with E-state index in [1.54, 1.807) is 4.90 Å². The highest BCUT2D eigenvalue weighted by molar-refractivity contribution is 5.74. The van der Waals surface area contributed by atoms with Crippen molar-refractivity contribution in [3.63, 3.8) is 0 Å². The number of urea groups is 1. The zero-order valence-electron chi connectivity index (χ0n) is 12.9. The molecule has 1 fully saturated rings. The van der Waals surface area contributed by atoms with Crippen LogP contribution in [0, 0.1) is 5.41 Å². The van der Waals surface area contributed by atoms with Crippen LogP contribution in [0.1, 0.15) is 51.9 Å². The largest absolute Gasteiger partial charge is 0.481 e. The summed E-state index contributed by atoms with van der Waals surface area (Å²) >= 11 is 0. The average molecular weight is 300 g/mol. The lowest BCUT2D eigenvalue weighted by Crippen LogP contribution is -2.46. The Morgan fingerprint density at radius 1 is 1.24 bits per heavy atom. The molecule has 1 aliphatic carbocycles. The van der Waals surface area contributed by atoms with Gasteiger partial charge in [-0.3, -0.25) is 4.79 Å². The number of carboxylic acid groups (broad SMARTS) is 1. The van der Waals surface area contributed by atoms with Gasteiger partial charge >= 0.3 is 12.0 Å². The van der Waals surface area contributed by atoms with E-state index < -0.39 is 5.97 Å². The Morgan fingerprint density at radius 3 is 2.43 bits per heavy atom. The van der Waals surface area contributed by atoms with Crippen molar-refractivity contribution in [1.29, 1.82) is 0 Å². The third kappa shape index (κ3) is 5.91. The molecular weight excluding hydrogens is 272 g/mol. The maximum atomic E-state index is 12.1. The summed E-state index contributed by atoms with van der Waals surface area (Å²) in [5.41, 5.74) is -0.296. The summed E-state index contributed by atoms with van der Waals surface area (Å²) in [6.07, 6.45) is 5.62. The van der Waals surface area contributed by atoms with Crippen molar-refractivity contribution in [2.24, 2.45) is 5.41 Å². The summed E-state index contributed by atoms with van der Waals surface area (Å²) in [5.74, 6) is -0.793. The van der Waals surface area contributed by atoms with Gasteiger partial charge in [0.15, 0.2) is 0 Å². The molecule has 0 saturated heterocycles. The fraction of sp³-hybridized carbons (Fsp3) is 0.867. The Kier molecular flexibility index (Phi) is 7.50. The van der Waals surface area contributed by atoms with Crippen LogP contribution in [0.15, 0.2) is 0 Å². The summed E-state index contributed by atoms with van der Waals surface area (Å²) < 4.78 is 0. The SMILES string of the molecule is CCN(CCCO)C(=O)NCC1(CC(=O)O)CCCCC1. The van der Waals surface area contributed by atoms with Crippen molar-refractivity contribution in [2.45, 2.75) is 51.9 Å². The fourth-order valence-electron chi connectivity index (χ4n) is 3.08. The Morgan fingerprint density at radius 2 is 1.90 bits per heavy atom. The van der Waals surface area contributed by atoms with E-state index in [2.05, 4.69) is 5.32 Å². The molecule has 0 aromatic heterocycles.